The number of carbonyl (C=O) groups excluding carboxylic acids is 2. The zero-order valence-electron chi connectivity index (χ0n) is 18.2. The Labute approximate surface area is 189 Å². The molecule has 4 fully saturated rings. The predicted octanol–water partition coefficient (Wildman–Crippen LogP) is 4.55. The van der Waals surface area contributed by atoms with E-state index in [9.17, 15) is 22.8 Å². The zero-order valence-corrected chi connectivity index (χ0v) is 18.2. The van der Waals surface area contributed by atoms with Crippen LogP contribution in [0.15, 0.2) is 36.7 Å². The van der Waals surface area contributed by atoms with E-state index in [1.807, 2.05) is 0 Å². The van der Waals surface area contributed by atoms with Crippen LogP contribution in [0.3, 0.4) is 0 Å². The molecular formula is C24H27F3N4O2. The van der Waals surface area contributed by atoms with Crippen molar-refractivity contribution in [2.45, 2.75) is 51.1 Å². The van der Waals surface area contributed by atoms with Crippen molar-refractivity contribution in [3.63, 3.8) is 0 Å². The summed E-state index contributed by atoms with van der Waals surface area (Å²) in [6, 6.07) is 5.26. The van der Waals surface area contributed by atoms with Gasteiger partial charge in [0.25, 0.3) is 0 Å². The molecule has 33 heavy (non-hydrogen) atoms. The zero-order chi connectivity index (χ0) is 23.2. The second kappa shape index (κ2) is 8.18. The molecule has 176 valence electrons. The standard InChI is InChI=1S/C24H27F3N4O2/c25-24(26,27)19-11-18(31-7-1-5-29-31)2-3-20(19)30-21(32)4-6-28-22(33)23-12-15-8-16(13-23)10-17(9-15)14-23/h1-3,5,7,11,15-17H,4,6,8-10,12-14H2,(H,28,33)(H,30,32). The molecule has 0 saturated heterocycles. The first-order valence-corrected chi connectivity index (χ1v) is 11.5. The molecule has 0 radical (unpaired) electrons. The Balaban J connectivity index is 1.20. The number of alkyl halides is 3. The van der Waals surface area contributed by atoms with Crippen molar-refractivity contribution in [3.05, 3.63) is 42.2 Å². The van der Waals surface area contributed by atoms with Crippen molar-refractivity contribution in [1.29, 1.82) is 0 Å². The maximum absolute atomic E-state index is 13.6. The van der Waals surface area contributed by atoms with Gasteiger partial charge in [0.15, 0.2) is 0 Å². The van der Waals surface area contributed by atoms with Gasteiger partial charge >= 0.3 is 6.18 Å². The molecule has 0 spiro atoms. The predicted molar refractivity (Wildman–Crippen MR) is 115 cm³/mol. The van der Waals surface area contributed by atoms with Crippen molar-refractivity contribution in [1.82, 2.24) is 15.1 Å². The van der Waals surface area contributed by atoms with Gasteiger partial charge in [-0.3, -0.25) is 9.59 Å². The van der Waals surface area contributed by atoms with E-state index >= 15 is 0 Å². The van der Waals surface area contributed by atoms with E-state index in [1.54, 1.807) is 12.3 Å². The Hall–Kier alpha value is -2.84. The lowest BCUT2D eigenvalue weighted by Gasteiger charge is -2.55. The fourth-order valence-electron chi connectivity index (χ4n) is 6.52. The summed E-state index contributed by atoms with van der Waals surface area (Å²) >= 11 is 0. The van der Waals surface area contributed by atoms with Crippen LogP contribution in [-0.4, -0.2) is 28.1 Å². The minimum Gasteiger partial charge on any atom is -0.355 e. The molecule has 0 atom stereocenters. The molecule has 6 nitrogen and oxygen atoms in total. The topological polar surface area (TPSA) is 76.0 Å². The van der Waals surface area contributed by atoms with Crippen LogP contribution in [-0.2, 0) is 15.8 Å². The molecular weight excluding hydrogens is 433 g/mol. The maximum atomic E-state index is 13.6. The molecule has 2 N–H and O–H groups in total. The fourth-order valence-corrected chi connectivity index (χ4v) is 6.52. The number of hydrogen-bond donors (Lipinski definition) is 2. The summed E-state index contributed by atoms with van der Waals surface area (Å²) in [5.41, 5.74) is -1.32. The smallest absolute Gasteiger partial charge is 0.355 e. The number of nitrogens with zero attached hydrogens (tertiary/aromatic N) is 2. The third-order valence-electron chi connectivity index (χ3n) is 7.51. The van der Waals surface area contributed by atoms with Crippen molar-refractivity contribution in [2.75, 3.05) is 11.9 Å². The third-order valence-corrected chi connectivity index (χ3v) is 7.51. The van der Waals surface area contributed by atoms with Crippen LogP contribution in [0.4, 0.5) is 18.9 Å². The minimum absolute atomic E-state index is 0.00829. The Kier molecular flexibility index (Phi) is 5.45. The summed E-state index contributed by atoms with van der Waals surface area (Å²) in [5, 5.41) is 9.20. The lowest BCUT2D eigenvalue weighted by Crippen LogP contribution is -2.53. The molecule has 4 aliphatic rings. The first-order valence-electron chi connectivity index (χ1n) is 11.5. The van der Waals surface area contributed by atoms with Crippen LogP contribution in [0.25, 0.3) is 5.69 Å². The van der Waals surface area contributed by atoms with Crippen LogP contribution in [0, 0.1) is 23.2 Å². The fraction of sp³-hybridized carbons (Fsp3) is 0.542. The number of rotatable bonds is 6. The van der Waals surface area contributed by atoms with E-state index in [4.69, 9.17) is 0 Å². The van der Waals surface area contributed by atoms with Gasteiger partial charge in [-0.15, -0.1) is 0 Å². The van der Waals surface area contributed by atoms with Gasteiger partial charge in [0.05, 0.1) is 16.9 Å². The second-order valence-electron chi connectivity index (χ2n) is 9.93. The van der Waals surface area contributed by atoms with Crippen molar-refractivity contribution >= 4 is 17.5 Å². The minimum atomic E-state index is -4.64. The van der Waals surface area contributed by atoms with E-state index < -0.39 is 17.6 Å². The lowest BCUT2D eigenvalue weighted by atomic mass is 9.49. The summed E-state index contributed by atoms with van der Waals surface area (Å²) < 4.78 is 42.1. The molecule has 4 aliphatic carbocycles. The third kappa shape index (κ3) is 4.37. The second-order valence-corrected chi connectivity index (χ2v) is 9.93. The monoisotopic (exact) mass is 460 g/mol. The SMILES string of the molecule is O=C(CCNC(=O)C12CC3CC(CC(C3)C1)C2)Nc1ccc(-n2cccn2)cc1C(F)(F)F. The molecule has 2 amide bonds. The summed E-state index contributed by atoms with van der Waals surface area (Å²) in [5.74, 6) is 1.34. The number of hydrogen-bond acceptors (Lipinski definition) is 3. The molecule has 1 aromatic carbocycles. The summed E-state index contributed by atoms with van der Waals surface area (Å²) in [6.07, 6.45) is 4.76. The highest BCUT2D eigenvalue weighted by molar-refractivity contribution is 5.92. The van der Waals surface area contributed by atoms with E-state index in [-0.39, 0.29) is 35.7 Å². The number of aromatic nitrogens is 2. The van der Waals surface area contributed by atoms with Crippen molar-refractivity contribution in [2.24, 2.45) is 23.2 Å². The first-order chi connectivity index (χ1) is 15.7. The average molecular weight is 461 g/mol. The molecule has 1 aromatic heterocycles. The number of amides is 2. The highest BCUT2D eigenvalue weighted by Crippen LogP contribution is 2.60. The molecule has 4 bridgehead atoms. The van der Waals surface area contributed by atoms with Gasteiger partial charge in [-0.1, -0.05) is 0 Å². The summed E-state index contributed by atoms with van der Waals surface area (Å²) in [7, 11) is 0. The summed E-state index contributed by atoms with van der Waals surface area (Å²) in [6.45, 7) is 0.110. The molecule has 6 rings (SSSR count). The van der Waals surface area contributed by atoms with E-state index in [0.717, 1.165) is 25.3 Å². The number of anilines is 1. The Morgan fingerprint density at radius 3 is 2.33 bits per heavy atom. The molecule has 1 heterocycles. The van der Waals surface area contributed by atoms with Crippen molar-refractivity contribution in [3.8, 4) is 5.69 Å². The number of nitrogens with one attached hydrogen (secondary N) is 2. The van der Waals surface area contributed by atoms with E-state index in [0.29, 0.717) is 17.8 Å². The van der Waals surface area contributed by atoms with E-state index in [1.165, 1.54) is 42.3 Å². The van der Waals surface area contributed by atoms with Gasteiger partial charge < -0.3 is 10.6 Å². The number of benzene rings is 1. The first kappa shape index (κ1) is 22.0. The van der Waals surface area contributed by atoms with Gasteiger partial charge in [-0.2, -0.15) is 18.3 Å². The van der Waals surface area contributed by atoms with Gasteiger partial charge in [0.2, 0.25) is 11.8 Å². The largest absolute Gasteiger partial charge is 0.418 e. The highest BCUT2D eigenvalue weighted by Gasteiger charge is 2.54. The number of halogens is 3. The molecule has 2 aromatic rings. The Morgan fingerprint density at radius 2 is 1.76 bits per heavy atom. The average Bonchev–Trinajstić information content (AvgIpc) is 3.27. The van der Waals surface area contributed by atoms with Crippen LogP contribution in [0.2, 0.25) is 0 Å². The van der Waals surface area contributed by atoms with Gasteiger partial charge in [0, 0.05) is 30.8 Å². The molecule has 9 heteroatoms. The van der Waals surface area contributed by atoms with Crippen LogP contribution >= 0.6 is 0 Å². The van der Waals surface area contributed by atoms with Crippen molar-refractivity contribution < 1.29 is 22.8 Å². The van der Waals surface area contributed by atoms with Gasteiger partial charge in [-0.25, -0.2) is 4.68 Å². The van der Waals surface area contributed by atoms with Gasteiger partial charge in [-0.05, 0) is 80.5 Å². The van der Waals surface area contributed by atoms with Crippen LogP contribution in [0.5, 0.6) is 0 Å². The molecule has 0 aliphatic heterocycles. The normalized spacial score (nSPS) is 28.0. The highest BCUT2D eigenvalue weighted by atomic mass is 19.4. The lowest BCUT2D eigenvalue weighted by molar-refractivity contribution is -0.146. The van der Waals surface area contributed by atoms with Gasteiger partial charge in [0.1, 0.15) is 0 Å². The number of carbonyl (C=O) groups is 2. The molecule has 4 saturated carbocycles. The summed E-state index contributed by atoms with van der Waals surface area (Å²) in [4.78, 5) is 25.4. The molecule has 0 unspecified atom stereocenters. The van der Waals surface area contributed by atoms with Crippen LogP contribution in [0.1, 0.15) is 50.5 Å². The Bertz CT molecular complexity index is 1010. The quantitative estimate of drug-likeness (QED) is 0.664. The Morgan fingerprint density at radius 1 is 1.09 bits per heavy atom. The maximum Gasteiger partial charge on any atom is 0.418 e. The van der Waals surface area contributed by atoms with E-state index in [2.05, 4.69) is 15.7 Å². The van der Waals surface area contributed by atoms with Crippen LogP contribution < -0.4 is 10.6 Å².